The van der Waals surface area contributed by atoms with Crippen molar-refractivity contribution in [3.05, 3.63) is 16.6 Å². The molecule has 2 fully saturated rings. The van der Waals surface area contributed by atoms with Crippen molar-refractivity contribution in [1.82, 2.24) is 9.88 Å². The molecule has 1 atom stereocenters. The predicted molar refractivity (Wildman–Crippen MR) is 78.3 cm³/mol. The zero-order valence-electron chi connectivity index (χ0n) is 11.6. The summed E-state index contributed by atoms with van der Waals surface area (Å²) in [4.78, 5) is 6.90. The summed E-state index contributed by atoms with van der Waals surface area (Å²) in [5.74, 6) is 0.915. The van der Waals surface area contributed by atoms with Crippen molar-refractivity contribution in [2.75, 3.05) is 19.7 Å². The highest BCUT2D eigenvalue weighted by molar-refractivity contribution is 7.09. The van der Waals surface area contributed by atoms with Crippen LogP contribution in [0.1, 0.15) is 43.5 Å². The summed E-state index contributed by atoms with van der Waals surface area (Å²) in [5, 5.41) is 3.30. The van der Waals surface area contributed by atoms with Crippen LogP contribution in [0.5, 0.6) is 0 Å². The monoisotopic (exact) mass is 280 g/mol. The number of ether oxygens (including phenoxy) is 1. The molecule has 1 aliphatic heterocycles. The number of nitrogens with zero attached hydrogens (tertiary/aromatic N) is 2. The Morgan fingerprint density at radius 1 is 1.32 bits per heavy atom. The van der Waals surface area contributed by atoms with Gasteiger partial charge in [-0.05, 0) is 12.3 Å². The van der Waals surface area contributed by atoms with Crippen molar-refractivity contribution in [3.63, 3.8) is 0 Å². The molecule has 1 aliphatic carbocycles. The van der Waals surface area contributed by atoms with Gasteiger partial charge in [0.05, 0.1) is 19.3 Å². The van der Waals surface area contributed by atoms with Crippen LogP contribution in [0.4, 0.5) is 0 Å². The first-order valence-electron chi connectivity index (χ1n) is 7.62. The van der Waals surface area contributed by atoms with Gasteiger partial charge in [-0.15, -0.1) is 11.3 Å². The Balaban J connectivity index is 1.47. The van der Waals surface area contributed by atoms with Crippen LogP contribution in [0, 0.1) is 5.92 Å². The van der Waals surface area contributed by atoms with Crippen LogP contribution in [-0.2, 0) is 11.3 Å². The Bertz CT molecular complexity index is 362. The lowest BCUT2D eigenvalue weighted by molar-refractivity contribution is -0.0439. The second kappa shape index (κ2) is 6.82. The van der Waals surface area contributed by atoms with E-state index in [4.69, 9.17) is 4.74 Å². The normalized spacial score (nSPS) is 26.6. The van der Waals surface area contributed by atoms with Crippen LogP contribution in [0.15, 0.2) is 11.6 Å². The fourth-order valence-electron chi connectivity index (χ4n) is 3.38. The maximum atomic E-state index is 5.97. The number of aromatic nitrogens is 1. The lowest BCUT2D eigenvalue weighted by atomic mass is 9.85. The molecule has 3 nitrogen and oxygen atoms in total. The van der Waals surface area contributed by atoms with Gasteiger partial charge in [0, 0.05) is 24.7 Å². The van der Waals surface area contributed by atoms with Gasteiger partial charge in [0.2, 0.25) is 0 Å². The topological polar surface area (TPSA) is 25.4 Å². The molecule has 0 radical (unpaired) electrons. The highest BCUT2D eigenvalue weighted by Gasteiger charge is 2.25. The van der Waals surface area contributed by atoms with Gasteiger partial charge in [0.15, 0.2) is 0 Å². The molecule has 0 unspecified atom stereocenters. The van der Waals surface area contributed by atoms with Gasteiger partial charge in [-0.1, -0.05) is 32.1 Å². The second-order valence-corrected chi connectivity index (χ2v) is 6.87. The van der Waals surface area contributed by atoms with E-state index in [1.807, 2.05) is 6.20 Å². The van der Waals surface area contributed by atoms with Crippen LogP contribution < -0.4 is 0 Å². The number of hydrogen-bond acceptors (Lipinski definition) is 4. The zero-order chi connectivity index (χ0) is 12.9. The smallest absolute Gasteiger partial charge is 0.107 e. The highest BCUT2D eigenvalue weighted by Crippen LogP contribution is 2.29. The van der Waals surface area contributed by atoms with E-state index in [1.54, 1.807) is 11.3 Å². The van der Waals surface area contributed by atoms with Crippen molar-refractivity contribution in [2.45, 2.75) is 51.2 Å². The van der Waals surface area contributed by atoms with Crippen LogP contribution in [0.25, 0.3) is 0 Å². The second-order valence-electron chi connectivity index (χ2n) is 5.89. The molecule has 0 spiro atoms. The first-order valence-corrected chi connectivity index (χ1v) is 8.50. The molecule has 0 aromatic carbocycles. The van der Waals surface area contributed by atoms with Gasteiger partial charge in [-0.3, -0.25) is 4.90 Å². The fourth-order valence-corrected chi connectivity index (χ4v) is 4.04. The summed E-state index contributed by atoms with van der Waals surface area (Å²) in [6, 6.07) is 0. The molecule has 2 heterocycles. The molecular formula is C15H24N2OS. The SMILES string of the molecule is c1csc(CN2CCO[C@H](CC3CCCCC3)C2)n1. The molecule has 3 rings (SSSR count). The quantitative estimate of drug-likeness (QED) is 0.846. The van der Waals surface area contributed by atoms with E-state index in [9.17, 15) is 0 Å². The van der Waals surface area contributed by atoms with E-state index >= 15 is 0 Å². The van der Waals surface area contributed by atoms with E-state index < -0.39 is 0 Å². The Morgan fingerprint density at radius 3 is 3.00 bits per heavy atom. The minimum absolute atomic E-state index is 0.455. The Labute approximate surface area is 120 Å². The summed E-state index contributed by atoms with van der Waals surface area (Å²) >= 11 is 1.76. The van der Waals surface area contributed by atoms with Gasteiger partial charge in [0.1, 0.15) is 5.01 Å². The molecule has 4 heteroatoms. The minimum Gasteiger partial charge on any atom is -0.376 e. The van der Waals surface area contributed by atoms with Crippen LogP contribution >= 0.6 is 11.3 Å². The predicted octanol–water partition coefficient (Wildman–Crippen LogP) is 3.31. The summed E-state index contributed by atoms with van der Waals surface area (Å²) in [7, 11) is 0. The van der Waals surface area contributed by atoms with Crippen molar-refractivity contribution >= 4 is 11.3 Å². The minimum atomic E-state index is 0.455. The number of hydrogen-bond donors (Lipinski definition) is 0. The van der Waals surface area contributed by atoms with E-state index in [-0.39, 0.29) is 0 Å². The van der Waals surface area contributed by atoms with Gasteiger partial charge >= 0.3 is 0 Å². The third kappa shape index (κ3) is 4.01. The third-order valence-corrected chi connectivity index (χ3v) is 5.15. The molecule has 2 aliphatic rings. The van der Waals surface area contributed by atoms with Crippen molar-refractivity contribution in [2.24, 2.45) is 5.92 Å². The lowest BCUT2D eigenvalue weighted by Gasteiger charge is -2.35. The summed E-state index contributed by atoms with van der Waals surface area (Å²) in [5.41, 5.74) is 0. The molecule has 1 saturated carbocycles. The third-order valence-electron chi connectivity index (χ3n) is 4.39. The van der Waals surface area contributed by atoms with Gasteiger partial charge in [-0.25, -0.2) is 4.98 Å². The Hall–Kier alpha value is -0.450. The Morgan fingerprint density at radius 2 is 2.21 bits per heavy atom. The van der Waals surface area contributed by atoms with E-state index in [1.165, 1.54) is 43.5 Å². The first kappa shape index (κ1) is 13.5. The van der Waals surface area contributed by atoms with E-state index in [0.29, 0.717) is 6.10 Å². The molecule has 0 bridgehead atoms. The largest absolute Gasteiger partial charge is 0.376 e. The fraction of sp³-hybridized carbons (Fsp3) is 0.800. The number of rotatable bonds is 4. The van der Waals surface area contributed by atoms with Gasteiger partial charge in [0.25, 0.3) is 0 Å². The molecule has 1 aromatic heterocycles. The average Bonchev–Trinajstić information content (AvgIpc) is 2.93. The van der Waals surface area contributed by atoms with Crippen LogP contribution in [0.2, 0.25) is 0 Å². The summed E-state index contributed by atoms with van der Waals surface area (Å²) in [6.07, 6.45) is 10.8. The molecule has 1 aromatic rings. The molecule has 19 heavy (non-hydrogen) atoms. The average molecular weight is 280 g/mol. The van der Waals surface area contributed by atoms with Crippen molar-refractivity contribution in [1.29, 1.82) is 0 Å². The standard InChI is InChI=1S/C15H24N2OS/c1-2-4-13(5-3-1)10-14-11-17(7-8-18-14)12-15-16-6-9-19-15/h6,9,13-14H,1-5,7-8,10-12H2/t14-/m1/s1. The number of morpholine rings is 1. The van der Waals surface area contributed by atoms with Crippen molar-refractivity contribution in [3.8, 4) is 0 Å². The zero-order valence-corrected chi connectivity index (χ0v) is 12.4. The van der Waals surface area contributed by atoms with E-state index in [0.717, 1.165) is 32.2 Å². The molecule has 0 N–H and O–H groups in total. The number of thiazole rings is 1. The molecule has 1 saturated heterocycles. The van der Waals surface area contributed by atoms with Gasteiger partial charge in [-0.2, -0.15) is 0 Å². The van der Waals surface area contributed by atoms with Crippen LogP contribution in [-0.4, -0.2) is 35.7 Å². The maximum Gasteiger partial charge on any atom is 0.107 e. The summed E-state index contributed by atoms with van der Waals surface area (Å²) < 4.78 is 5.97. The van der Waals surface area contributed by atoms with Crippen LogP contribution in [0.3, 0.4) is 0 Å². The summed E-state index contributed by atoms with van der Waals surface area (Å²) in [6.45, 7) is 4.04. The Kier molecular flexibility index (Phi) is 4.86. The first-order chi connectivity index (χ1) is 9.40. The van der Waals surface area contributed by atoms with Crippen molar-refractivity contribution < 1.29 is 4.74 Å². The maximum absolute atomic E-state index is 5.97. The molecular weight excluding hydrogens is 256 g/mol. The lowest BCUT2D eigenvalue weighted by Crippen LogP contribution is -2.42. The van der Waals surface area contributed by atoms with E-state index in [2.05, 4.69) is 15.3 Å². The van der Waals surface area contributed by atoms with Gasteiger partial charge < -0.3 is 4.74 Å². The molecule has 106 valence electrons. The highest BCUT2D eigenvalue weighted by atomic mass is 32.1. The molecule has 0 amide bonds.